The smallest absolute Gasteiger partial charge is 0.163 e. The van der Waals surface area contributed by atoms with Crippen LogP contribution in [0.4, 0.5) is 8.78 Å². The van der Waals surface area contributed by atoms with Gasteiger partial charge >= 0.3 is 0 Å². The topological polar surface area (TPSA) is 30.5 Å². The first-order chi connectivity index (χ1) is 9.70. The van der Waals surface area contributed by atoms with Gasteiger partial charge < -0.3 is 14.8 Å². The molecule has 0 amide bonds. The van der Waals surface area contributed by atoms with Crippen molar-refractivity contribution >= 4 is 0 Å². The van der Waals surface area contributed by atoms with E-state index in [9.17, 15) is 8.78 Å². The van der Waals surface area contributed by atoms with Crippen LogP contribution >= 0.6 is 0 Å². The molecule has 0 saturated carbocycles. The molecule has 0 aliphatic heterocycles. The van der Waals surface area contributed by atoms with E-state index in [4.69, 9.17) is 9.47 Å². The van der Waals surface area contributed by atoms with Crippen molar-refractivity contribution in [2.75, 3.05) is 33.5 Å². The van der Waals surface area contributed by atoms with Crippen molar-refractivity contribution in [3.8, 4) is 0 Å². The first-order valence-corrected chi connectivity index (χ1v) is 6.94. The Morgan fingerprint density at radius 2 is 2.05 bits per heavy atom. The molecule has 1 aromatic carbocycles. The maximum atomic E-state index is 13.8. The number of rotatable bonds is 10. The van der Waals surface area contributed by atoms with Gasteiger partial charge in [0.25, 0.3) is 0 Å². The Kier molecular flexibility index (Phi) is 8.34. The summed E-state index contributed by atoms with van der Waals surface area (Å²) in [5, 5.41) is 3.18. The van der Waals surface area contributed by atoms with Gasteiger partial charge in [0.1, 0.15) is 0 Å². The van der Waals surface area contributed by atoms with Crippen LogP contribution in [-0.2, 0) is 9.47 Å². The van der Waals surface area contributed by atoms with E-state index in [0.29, 0.717) is 25.4 Å². The quantitative estimate of drug-likeness (QED) is 0.671. The predicted molar refractivity (Wildman–Crippen MR) is 74.7 cm³/mol. The van der Waals surface area contributed by atoms with Crippen molar-refractivity contribution in [1.82, 2.24) is 5.32 Å². The Balaban J connectivity index is 2.61. The van der Waals surface area contributed by atoms with Crippen LogP contribution in [0.5, 0.6) is 0 Å². The normalized spacial score (nSPS) is 12.6. The Hall–Kier alpha value is -1.04. The second-order valence-electron chi connectivity index (χ2n) is 4.57. The summed E-state index contributed by atoms with van der Waals surface area (Å²) in [6.45, 7) is 4.22. The summed E-state index contributed by atoms with van der Waals surface area (Å²) in [5.74, 6) is -1.63. The van der Waals surface area contributed by atoms with E-state index in [1.807, 2.05) is 6.92 Å². The van der Waals surface area contributed by atoms with Gasteiger partial charge in [-0.15, -0.1) is 0 Å². The van der Waals surface area contributed by atoms with Gasteiger partial charge in [-0.25, -0.2) is 8.78 Å². The highest BCUT2D eigenvalue weighted by atomic mass is 19.2. The van der Waals surface area contributed by atoms with Gasteiger partial charge in [0.2, 0.25) is 0 Å². The number of hydrogen-bond acceptors (Lipinski definition) is 3. The van der Waals surface area contributed by atoms with Crippen molar-refractivity contribution in [2.24, 2.45) is 0 Å². The van der Waals surface area contributed by atoms with E-state index >= 15 is 0 Å². The van der Waals surface area contributed by atoms with E-state index in [1.54, 1.807) is 13.2 Å². The minimum Gasteiger partial charge on any atom is -0.385 e. The minimum atomic E-state index is -0.829. The summed E-state index contributed by atoms with van der Waals surface area (Å²) in [6, 6.07) is 3.88. The molecule has 0 radical (unpaired) electrons. The number of methoxy groups -OCH3 is 1. The highest BCUT2D eigenvalue weighted by molar-refractivity contribution is 5.22. The highest BCUT2D eigenvalue weighted by Crippen LogP contribution is 2.20. The zero-order valence-electron chi connectivity index (χ0n) is 12.1. The monoisotopic (exact) mass is 287 g/mol. The third-order valence-electron chi connectivity index (χ3n) is 2.92. The van der Waals surface area contributed by atoms with Gasteiger partial charge in [-0.1, -0.05) is 19.1 Å². The van der Waals surface area contributed by atoms with Gasteiger partial charge in [0.15, 0.2) is 11.6 Å². The molecule has 0 saturated heterocycles. The molecule has 3 nitrogen and oxygen atoms in total. The molecule has 1 atom stereocenters. The molecular weight excluding hydrogens is 264 g/mol. The molecule has 0 aliphatic carbocycles. The molecule has 0 heterocycles. The lowest BCUT2D eigenvalue weighted by Gasteiger charge is -2.20. The summed E-state index contributed by atoms with van der Waals surface area (Å²) in [6.07, 6.45) is 1.69. The molecule has 0 bridgehead atoms. The molecule has 1 N–H and O–H groups in total. The molecule has 0 aliphatic rings. The van der Waals surface area contributed by atoms with E-state index < -0.39 is 11.6 Å². The summed E-state index contributed by atoms with van der Waals surface area (Å²) in [4.78, 5) is 0. The molecule has 0 aromatic heterocycles. The first-order valence-electron chi connectivity index (χ1n) is 6.94. The molecule has 0 fully saturated rings. The van der Waals surface area contributed by atoms with Crippen LogP contribution in [-0.4, -0.2) is 33.5 Å². The Labute approximate surface area is 119 Å². The van der Waals surface area contributed by atoms with Crippen molar-refractivity contribution in [3.05, 3.63) is 35.4 Å². The Morgan fingerprint density at radius 3 is 2.75 bits per heavy atom. The van der Waals surface area contributed by atoms with Gasteiger partial charge in [-0.2, -0.15) is 0 Å². The van der Waals surface area contributed by atoms with E-state index in [2.05, 4.69) is 5.32 Å². The van der Waals surface area contributed by atoms with Crippen LogP contribution in [0.1, 0.15) is 31.4 Å². The van der Waals surface area contributed by atoms with Crippen LogP contribution in [0.25, 0.3) is 0 Å². The first kappa shape index (κ1) is 17.0. The zero-order chi connectivity index (χ0) is 14.8. The van der Waals surface area contributed by atoms with Gasteiger partial charge in [-0.05, 0) is 25.5 Å². The fourth-order valence-corrected chi connectivity index (χ4v) is 1.87. The van der Waals surface area contributed by atoms with E-state index in [1.165, 1.54) is 6.07 Å². The van der Waals surface area contributed by atoms with Crippen LogP contribution < -0.4 is 5.32 Å². The summed E-state index contributed by atoms with van der Waals surface area (Å²) in [5.41, 5.74) is 0.310. The average Bonchev–Trinajstić information content (AvgIpc) is 2.45. The number of halogens is 2. The van der Waals surface area contributed by atoms with Crippen LogP contribution in [0.2, 0.25) is 0 Å². The lowest BCUT2D eigenvalue weighted by atomic mass is 10.1. The second-order valence-corrected chi connectivity index (χ2v) is 4.57. The largest absolute Gasteiger partial charge is 0.385 e. The fraction of sp³-hybridized carbons (Fsp3) is 0.600. The van der Waals surface area contributed by atoms with Crippen molar-refractivity contribution < 1.29 is 18.3 Å². The third kappa shape index (κ3) is 5.53. The number of benzene rings is 1. The highest BCUT2D eigenvalue weighted by Gasteiger charge is 2.17. The SMILES string of the molecule is CCCNC(COCCCOC)c1cccc(F)c1F. The van der Waals surface area contributed by atoms with Crippen molar-refractivity contribution in [2.45, 2.75) is 25.8 Å². The number of nitrogens with one attached hydrogen (secondary N) is 1. The zero-order valence-corrected chi connectivity index (χ0v) is 12.1. The maximum Gasteiger partial charge on any atom is 0.163 e. The molecular formula is C15H23F2NO2. The summed E-state index contributed by atoms with van der Waals surface area (Å²) >= 11 is 0. The summed E-state index contributed by atoms with van der Waals surface area (Å²) in [7, 11) is 1.63. The minimum absolute atomic E-state index is 0.310. The van der Waals surface area contributed by atoms with Crippen LogP contribution in [0.15, 0.2) is 18.2 Å². The van der Waals surface area contributed by atoms with Crippen LogP contribution in [0.3, 0.4) is 0 Å². The molecule has 1 rings (SSSR count). The lowest BCUT2D eigenvalue weighted by molar-refractivity contribution is 0.0867. The van der Waals surface area contributed by atoms with Crippen LogP contribution in [0, 0.1) is 11.6 Å². The molecule has 5 heteroatoms. The van der Waals surface area contributed by atoms with Crippen molar-refractivity contribution in [3.63, 3.8) is 0 Å². The molecule has 1 aromatic rings. The van der Waals surface area contributed by atoms with Gasteiger partial charge in [0, 0.05) is 25.9 Å². The predicted octanol–water partition coefficient (Wildman–Crippen LogP) is 3.06. The van der Waals surface area contributed by atoms with E-state index in [0.717, 1.165) is 25.5 Å². The molecule has 20 heavy (non-hydrogen) atoms. The third-order valence-corrected chi connectivity index (χ3v) is 2.92. The van der Waals surface area contributed by atoms with Crippen molar-refractivity contribution in [1.29, 1.82) is 0 Å². The Bertz CT molecular complexity index is 388. The fourth-order valence-electron chi connectivity index (χ4n) is 1.87. The van der Waals surface area contributed by atoms with Gasteiger partial charge in [-0.3, -0.25) is 0 Å². The number of hydrogen-bond donors (Lipinski definition) is 1. The molecule has 1 unspecified atom stereocenters. The molecule has 114 valence electrons. The average molecular weight is 287 g/mol. The van der Waals surface area contributed by atoms with E-state index in [-0.39, 0.29) is 6.04 Å². The Morgan fingerprint density at radius 1 is 1.25 bits per heavy atom. The second kappa shape index (κ2) is 9.80. The number of ether oxygens (including phenoxy) is 2. The molecule has 0 spiro atoms. The maximum absolute atomic E-state index is 13.8. The standard InChI is InChI=1S/C15H23F2NO2/c1-3-8-18-14(11-20-10-5-9-19-2)12-6-4-7-13(16)15(12)17/h4,6-7,14,18H,3,5,8-11H2,1-2H3. The van der Waals surface area contributed by atoms with Gasteiger partial charge in [0.05, 0.1) is 12.6 Å². The summed E-state index contributed by atoms with van der Waals surface area (Å²) < 4.78 is 37.5. The lowest BCUT2D eigenvalue weighted by Crippen LogP contribution is -2.27.